The highest BCUT2D eigenvalue weighted by Crippen LogP contribution is 2.33. The first kappa shape index (κ1) is 23.2. The molecular weight excluding hydrogens is 350 g/mol. The van der Waals surface area contributed by atoms with Gasteiger partial charge in [0.1, 0.15) is 0 Å². The largest absolute Gasteiger partial charge is 0.504 e. The number of benzene rings is 2. The fourth-order valence-corrected chi connectivity index (χ4v) is 2.79. The van der Waals surface area contributed by atoms with Crippen molar-refractivity contribution in [3.05, 3.63) is 65.7 Å². The molecule has 0 radical (unpaired) electrons. The van der Waals surface area contributed by atoms with Crippen LogP contribution in [0, 0.1) is 0 Å². The Bertz CT molecular complexity index is 823. The predicted octanol–water partition coefficient (Wildman–Crippen LogP) is 6.08. The number of rotatable bonds is 8. The fraction of sp³-hybridized carbons (Fsp3) is 0.333. The Morgan fingerprint density at radius 1 is 1.14 bits per heavy atom. The van der Waals surface area contributed by atoms with Gasteiger partial charge in [0.25, 0.3) is 0 Å². The molecule has 0 fully saturated rings. The summed E-state index contributed by atoms with van der Waals surface area (Å²) in [6.45, 7) is 12.1. The second-order valence-electron chi connectivity index (χ2n) is 6.20. The number of phenols is 1. The number of aromatic hydroxyl groups is 1. The predicted molar refractivity (Wildman–Crippen MR) is 118 cm³/mol. The lowest BCUT2D eigenvalue weighted by molar-refractivity contribution is 0.0992. The zero-order valence-electron chi connectivity index (χ0n) is 17.6. The molecule has 0 spiro atoms. The van der Waals surface area contributed by atoms with Gasteiger partial charge in [-0.15, -0.1) is 0 Å². The van der Waals surface area contributed by atoms with Crippen LogP contribution >= 0.6 is 0 Å². The Morgan fingerprint density at radius 3 is 2.36 bits per heavy atom. The van der Waals surface area contributed by atoms with E-state index in [2.05, 4.69) is 18.5 Å². The van der Waals surface area contributed by atoms with Crippen molar-refractivity contribution in [2.45, 2.75) is 47.0 Å². The van der Waals surface area contributed by atoms with Gasteiger partial charge in [0, 0.05) is 23.3 Å². The molecule has 0 amide bonds. The minimum absolute atomic E-state index is 0.0743. The number of hydrogen-bond donors (Lipinski definition) is 1. The summed E-state index contributed by atoms with van der Waals surface area (Å²) in [4.78, 5) is 17.4. The zero-order valence-corrected chi connectivity index (χ0v) is 17.6. The number of methoxy groups -OCH3 is 1. The summed E-state index contributed by atoms with van der Waals surface area (Å²) in [6, 6.07) is 12.6. The molecule has 0 saturated carbocycles. The molecular formula is C24H31NO3. The molecule has 0 aliphatic heterocycles. The van der Waals surface area contributed by atoms with E-state index in [-0.39, 0.29) is 18.0 Å². The molecule has 2 rings (SSSR count). The molecule has 0 heterocycles. The van der Waals surface area contributed by atoms with Gasteiger partial charge in [-0.1, -0.05) is 64.1 Å². The van der Waals surface area contributed by atoms with Gasteiger partial charge in [-0.25, -0.2) is 0 Å². The molecule has 28 heavy (non-hydrogen) atoms. The second-order valence-corrected chi connectivity index (χ2v) is 6.20. The standard InChI is InChI=1S/C22H25NO3.C2H6/c1-5-9-15(2)23-16(3)18-14-22(26-4)21(25)13-19(18)20(24)12-17-10-7-6-8-11-17;1-2/h6-8,10-11,13-14,25H,3,5,9,12H2,1-2,4H3;1-2H3. The average Bonchev–Trinajstić information content (AvgIpc) is 2.70. The minimum Gasteiger partial charge on any atom is -0.504 e. The number of carbonyl (C=O) groups excluding carboxylic acids is 1. The number of nitrogens with zero attached hydrogens (tertiary/aromatic N) is 1. The summed E-state index contributed by atoms with van der Waals surface area (Å²) in [5, 5.41) is 10.1. The van der Waals surface area contributed by atoms with Gasteiger partial charge in [0.05, 0.1) is 12.8 Å². The third kappa shape index (κ3) is 6.38. The summed E-state index contributed by atoms with van der Waals surface area (Å²) in [6.07, 6.45) is 2.09. The number of Topliss-reactive ketones (excluding diaryl/α,β-unsaturated/α-hetero) is 1. The lowest BCUT2D eigenvalue weighted by Crippen LogP contribution is -2.07. The summed E-state index contributed by atoms with van der Waals surface area (Å²) in [5.41, 5.74) is 3.33. The van der Waals surface area contributed by atoms with Crippen LogP contribution in [0.15, 0.2) is 54.0 Å². The number of aliphatic imine (C=N–C) groups is 1. The van der Waals surface area contributed by atoms with Crippen molar-refractivity contribution in [2.75, 3.05) is 7.11 Å². The maximum absolute atomic E-state index is 12.9. The summed E-state index contributed by atoms with van der Waals surface area (Å²) in [7, 11) is 1.47. The normalized spacial score (nSPS) is 10.7. The Hall–Kier alpha value is -2.88. The quantitative estimate of drug-likeness (QED) is 0.445. The molecule has 150 valence electrons. The third-order valence-electron chi connectivity index (χ3n) is 4.08. The number of phenolic OH excluding ortho intramolecular Hbond substituents is 1. The lowest BCUT2D eigenvalue weighted by atomic mass is 9.96. The van der Waals surface area contributed by atoms with E-state index < -0.39 is 0 Å². The Balaban J connectivity index is 0.00000190. The van der Waals surface area contributed by atoms with Crippen LogP contribution in [0.25, 0.3) is 5.70 Å². The minimum atomic E-state index is -0.103. The van der Waals surface area contributed by atoms with Crippen molar-refractivity contribution in [1.82, 2.24) is 0 Å². The first-order valence-electron chi connectivity index (χ1n) is 9.67. The number of carbonyl (C=O) groups is 1. The number of ether oxygens (including phenoxy) is 1. The van der Waals surface area contributed by atoms with Crippen LogP contribution in [0.2, 0.25) is 0 Å². The van der Waals surface area contributed by atoms with Gasteiger partial charge in [0.15, 0.2) is 17.3 Å². The fourth-order valence-electron chi connectivity index (χ4n) is 2.79. The monoisotopic (exact) mass is 381 g/mol. The van der Waals surface area contributed by atoms with Crippen LogP contribution in [-0.4, -0.2) is 23.7 Å². The molecule has 0 unspecified atom stereocenters. The van der Waals surface area contributed by atoms with E-state index in [0.717, 1.165) is 24.1 Å². The van der Waals surface area contributed by atoms with E-state index in [1.165, 1.54) is 13.2 Å². The molecule has 2 aromatic carbocycles. The molecule has 0 aromatic heterocycles. The third-order valence-corrected chi connectivity index (χ3v) is 4.08. The van der Waals surface area contributed by atoms with Crippen molar-refractivity contribution in [3.8, 4) is 11.5 Å². The van der Waals surface area contributed by atoms with Crippen LogP contribution in [0.4, 0.5) is 0 Å². The van der Waals surface area contributed by atoms with Gasteiger partial charge in [-0.3, -0.25) is 9.79 Å². The molecule has 4 heteroatoms. The van der Waals surface area contributed by atoms with Crippen LogP contribution in [0.3, 0.4) is 0 Å². The lowest BCUT2D eigenvalue weighted by Gasteiger charge is -2.13. The van der Waals surface area contributed by atoms with E-state index in [0.29, 0.717) is 22.6 Å². The van der Waals surface area contributed by atoms with Crippen LogP contribution < -0.4 is 4.74 Å². The molecule has 0 aliphatic carbocycles. The summed E-state index contributed by atoms with van der Waals surface area (Å²) < 4.78 is 5.19. The molecule has 2 aromatic rings. The van der Waals surface area contributed by atoms with E-state index in [1.807, 2.05) is 51.1 Å². The average molecular weight is 382 g/mol. The van der Waals surface area contributed by atoms with Crippen LogP contribution in [0.1, 0.15) is 62.0 Å². The Morgan fingerprint density at radius 2 is 1.79 bits per heavy atom. The van der Waals surface area contributed by atoms with E-state index in [9.17, 15) is 9.90 Å². The number of ketones is 1. The van der Waals surface area contributed by atoms with Gasteiger partial charge in [0.2, 0.25) is 0 Å². The first-order valence-corrected chi connectivity index (χ1v) is 9.67. The topological polar surface area (TPSA) is 58.9 Å². The van der Waals surface area contributed by atoms with Gasteiger partial charge < -0.3 is 9.84 Å². The molecule has 4 nitrogen and oxygen atoms in total. The highest BCUT2D eigenvalue weighted by atomic mass is 16.5. The van der Waals surface area contributed by atoms with Crippen molar-refractivity contribution < 1.29 is 14.6 Å². The summed E-state index contributed by atoms with van der Waals surface area (Å²) in [5.74, 6) is 0.115. The maximum Gasteiger partial charge on any atom is 0.168 e. The van der Waals surface area contributed by atoms with Crippen molar-refractivity contribution in [2.24, 2.45) is 4.99 Å². The Kier molecular flexibility index (Phi) is 9.72. The van der Waals surface area contributed by atoms with Crippen molar-refractivity contribution >= 4 is 17.2 Å². The molecule has 0 atom stereocenters. The van der Waals surface area contributed by atoms with Gasteiger partial charge in [-0.2, -0.15) is 0 Å². The zero-order chi connectivity index (χ0) is 21.1. The highest BCUT2D eigenvalue weighted by Gasteiger charge is 2.18. The van der Waals surface area contributed by atoms with E-state index in [4.69, 9.17) is 4.74 Å². The molecule has 0 aliphatic rings. The highest BCUT2D eigenvalue weighted by molar-refractivity contribution is 6.03. The van der Waals surface area contributed by atoms with E-state index >= 15 is 0 Å². The van der Waals surface area contributed by atoms with Crippen LogP contribution in [-0.2, 0) is 6.42 Å². The van der Waals surface area contributed by atoms with Crippen LogP contribution in [0.5, 0.6) is 11.5 Å². The number of hydrogen-bond acceptors (Lipinski definition) is 4. The second kappa shape index (κ2) is 11.8. The van der Waals surface area contributed by atoms with Crippen molar-refractivity contribution in [1.29, 1.82) is 0 Å². The molecule has 0 saturated heterocycles. The van der Waals surface area contributed by atoms with Gasteiger partial charge in [-0.05, 0) is 31.0 Å². The summed E-state index contributed by atoms with van der Waals surface area (Å²) >= 11 is 0. The Labute approximate surface area is 168 Å². The van der Waals surface area contributed by atoms with Crippen molar-refractivity contribution in [3.63, 3.8) is 0 Å². The maximum atomic E-state index is 12.9. The molecule has 1 N–H and O–H groups in total. The SMILES string of the molecule is C=C(N=C(C)CCC)c1cc(OC)c(O)cc1C(=O)Cc1ccccc1.CC. The smallest absolute Gasteiger partial charge is 0.168 e. The van der Waals surface area contributed by atoms with Gasteiger partial charge >= 0.3 is 0 Å². The first-order chi connectivity index (χ1) is 13.5. The van der Waals surface area contributed by atoms with E-state index in [1.54, 1.807) is 6.07 Å². The molecule has 0 bridgehead atoms.